The summed E-state index contributed by atoms with van der Waals surface area (Å²) in [6.45, 7) is 3.47. The maximum atomic E-state index is 13.4. The third-order valence-electron chi connectivity index (χ3n) is 4.32. The summed E-state index contributed by atoms with van der Waals surface area (Å²) >= 11 is 7.62. The largest absolute Gasteiger partial charge is 0.348 e. The summed E-state index contributed by atoms with van der Waals surface area (Å²) in [5.74, 6) is -0.435. The summed E-state index contributed by atoms with van der Waals surface area (Å²) in [6.07, 6.45) is 1.65. The number of aromatic nitrogens is 1. The van der Waals surface area contributed by atoms with Crippen LogP contribution in [0, 0.1) is 13.8 Å². The second kappa shape index (κ2) is 8.94. The summed E-state index contributed by atoms with van der Waals surface area (Å²) < 4.78 is 27.8. The lowest BCUT2D eigenvalue weighted by molar-refractivity contribution is -0.119. The van der Waals surface area contributed by atoms with E-state index in [4.69, 9.17) is 11.6 Å². The van der Waals surface area contributed by atoms with E-state index in [0.717, 1.165) is 14.9 Å². The molecule has 0 saturated heterocycles. The van der Waals surface area contributed by atoms with Gasteiger partial charge in [-0.1, -0.05) is 35.4 Å². The summed E-state index contributed by atoms with van der Waals surface area (Å²) in [5.41, 5.74) is 1.88. The van der Waals surface area contributed by atoms with Crippen molar-refractivity contribution in [1.82, 2.24) is 10.3 Å². The molecule has 2 aromatic carbocycles. The van der Waals surface area contributed by atoms with Crippen LogP contribution in [-0.2, 0) is 21.4 Å². The molecular weight excluding hydrogens is 430 g/mol. The van der Waals surface area contributed by atoms with Crippen LogP contribution in [0.15, 0.2) is 58.9 Å². The predicted octanol–water partition coefficient (Wildman–Crippen LogP) is 3.93. The highest BCUT2D eigenvalue weighted by atomic mass is 35.5. The molecule has 0 fully saturated rings. The Bertz CT molecular complexity index is 1100. The number of benzene rings is 2. The van der Waals surface area contributed by atoms with E-state index in [1.54, 1.807) is 43.5 Å². The van der Waals surface area contributed by atoms with Gasteiger partial charge in [-0.2, -0.15) is 0 Å². The Balaban J connectivity index is 1.94. The number of nitrogens with zero attached hydrogens (tertiary/aromatic N) is 2. The number of aryl methyl sites for hydroxylation is 1. The lowest BCUT2D eigenvalue weighted by Crippen LogP contribution is -2.41. The van der Waals surface area contributed by atoms with Gasteiger partial charge in [-0.3, -0.25) is 9.10 Å². The van der Waals surface area contributed by atoms with Crippen LogP contribution in [0.25, 0.3) is 0 Å². The van der Waals surface area contributed by atoms with Crippen LogP contribution >= 0.6 is 22.9 Å². The molecule has 1 aromatic heterocycles. The molecule has 152 valence electrons. The van der Waals surface area contributed by atoms with Crippen molar-refractivity contribution in [2.45, 2.75) is 25.3 Å². The van der Waals surface area contributed by atoms with Crippen molar-refractivity contribution >= 4 is 44.6 Å². The number of hydrogen-bond acceptors (Lipinski definition) is 5. The van der Waals surface area contributed by atoms with Crippen molar-refractivity contribution in [3.05, 3.63) is 75.2 Å². The Labute approximate surface area is 179 Å². The fraction of sp³-hybridized carbons (Fsp3) is 0.200. The Morgan fingerprint density at radius 1 is 1.17 bits per heavy atom. The number of carbonyl (C=O) groups excluding carboxylic acids is 1. The number of anilines is 1. The molecule has 1 heterocycles. The minimum absolute atomic E-state index is 0.107. The molecule has 0 unspecified atom stereocenters. The van der Waals surface area contributed by atoms with Crippen LogP contribution in [0.3, 0.4) is 0 Å². The van der Waals surface area contributed by atoms with Crippen LogP contribution in [0.5, 0.6) is 0 Å². The van der Waals surface area contributed by atoms with E-state index >= 15 is 0 Å². The van der Waals surface area contributed by atoms with Gasteiger partial charge in [-0.25, -0.2) is 13.4 Å². The predicted molar refractivity (Wildman–Crippen MR) is 116 cm³/mol. The monoisotopic (exact) mass is 449 g/mol. The molecule has 1 N–H and O–H groups in total. The maximum Gasteiger partial charge on any atom is 0.264 e. The molecule has 1 amide bonds. The summed E-state index contributed by atoms with van der Waals surface area (Å²) in [4.78, 5) is 16.8. The van der Waals surface area contributed by atoms with Crippen LogP contribution in [0.4, 0.5) is 5.69 Å². The number of rotatable bonds is 7. The van der Waals surface area contributed by atoms with E-state index in [9.17, 15) is 13.2 Å². The number of nitrogens with one attached hydrogen (secondary N) is 1. The first-order chi connectivity index (χ1) is 13.8. The number of halogens is 1. The number of carbonyl (C=O) groups is 1. The van der Waals surface area contributed by atoms with Gasteiger partial charge in [0, 0.05) is 16.6 Å². The normalized spacial score (nSPS) is 11.3. The quantitative estimate of drug-likeness (QED) is 0.592. The second-order valence-electron chi connectivity index (χ2n) is 6.41. The minimum atomic E-state index is -3.98. The first kappa shape index (κ1) is 21.3. The van der Waals surface area contributed by atoms with Gasteiger partial charge < -0.3 is 5.32 Å². The second-order valence-corrected chi connectivity index (χ2v) is 9.66. The molecule has 3 aromatic rings. The fourth-order valence-corrected chi connectivity index (χ4v) is 4.91. The van der Waals surface area contributed by atoms with Crippen molar-refractivity contribution < 1.29 is 13.2 Å². The van der Waals surface area contributed by atoms with Gasteiger partial charge in [0.05, 0.1) is 17.1 Å². The molecule has 0 spiro atoms. The molecule has 29 heavy (non-hydrogen) atoms. The molecule has 0 aliphatic heterocycles. The minimum Gasteiger partial charge on any atom is -0.348 e. The van der Waals surface area contributed by atoms with Gasteiger partial charge in [-0.05, 0) is 43.7 Å². The van der Waals surface area contributed by atoms with Gasteiger partial charge in [-0.15, -0.1) is 11.3 Å². The Kier molecular flexibility index (Phi) is 6.56. The highest BCUT2D eigenvalue weighted by Gasteiger charge is 2.28. The summed E-state index contributed by atoms with van der Waals surface area (Å²) in [6, 6.07) is 11.5. The van der Waals surface area contributed by atoms with E-state index < -0.39 is 15.9 Å². The van der Waals surface area contributed by atoms with E-state index in [1.165, 1.54) is 23.5 Å². The van der Waals surface area contributed by atoms with Gasteiger partial charge in [0.25, 0.3) is 10.0 Å². The van der Waals surface area contributed by atoms with Crippen LogP contribution in [0.2, 0.25) is 5.02 Å². The topological polar surface area (TPSA) is 79.4 Å². The molecule has 0 aliphatic carbocycles. The van der Waals surface area contributed by atoms with Gasteiger partial charge in [0.15, 0.2) is 0 Å². The van der Waals surface area contributed by atoms with Crippen molar-refractivity contribution in [2.24, 2.45) is 0 Å². The zero-order valence-corrected chi connectivity index (χ0v) is 18.3. The lowest BCUT2D eigenvalue weighted by atomic mass is 10.2. The fourth-order valence-electron chi connectivity index (χ4n) is 2.70. The van der Waals surface area contributed by atoms with Gasteiger partial charge >= 0.3 is 0 Å². The summed E-state index contributed by atoms with van der Waals surface area (Å²) in [7, 11) is -3.98. The molecule has 9 heteroatoms. The van der Waals surface area contributed by atoms with Crippen molar-refractivity contribution in [2.75, 3.05) is 10.8 Å². The maximum absolute atomic E-state index is 13.4. The van der Waals surface area contributed by atoms with E-state index in [-0.39, 0.29) is 18.0 Å². The molecule has 0 atom stereocenters. The van der Waals surface area contributed by atoms with E-state index in [0.29, 0.717) is 16.3 Å². The molecule has 3 rings (SSSR count). The number of amides is 1. The van der Waals surface area contributed by atoms with Crippen molar-refractivity contribution in [1.29, 1.82) is 0 Å². The number of thiazole rings is 1. The average Bonchev–Trinajstić information content (AvgIpc) is 3.21. The number of hydrogen-bond donors (Lipinski definition) is 1. The summed E-state index contributed by atoms with van der Waals surface area (Å²) in [5, 5.41) is 5.70. The van der Waals surface area contributed by atoms with E-state index in [2.05, 4.69) is 10.3 Å². The highest BCUT2D eigenvalue weighted by molar-refractivity contribution is 7.92. The SMILES string of the molecule is Cc1ccc(S(=O)(=O)N(CC(=O)NCc2nccs2)c2cccc(Cl)c2C)cc1. The molecule has 6 nitrogen and oxygen atoms in total. The molecule has 0 saturated carbocycles. The van der Waals surface area contributed by atoms with Crippen molar-refractivity contribution in [3.63, 3.8) is 0 Å². The first-order valence-electron chi connectivity index (χ1n) is 8.78. The zero-order valence-electron chi connectivity index (χ0n) is 15.9. The third-order valence-corrected chi connectivity index (χ3v) is 7.29. The third kappa shape index (κ3) is 4.95. The standard InChI is InChI=1S/C20H20ClN3O3S2/c1-14-6-8-16(9-7-14)29(26,27)24(18-5-3-4-17(21)15(18)2)13-19(25)23-12-20-22-10-11-28-20/h3-11H,12-13H2,1-2H3,(H,23,25). The van der Waals surface area contributed by atoms with Crippen molar-refractivity contribution in [3.8, 4) is 0 Å². The average molecular weight is 450 g/mol. The zero-order chi connectivity index (χ0) is 21.0. The lowest BCUT2D eigenvalue weighted by Gasteiger charge is -2.26. The molecule has 0 bridgehead atoms. The Morgan fingerprint density at radius 2 is 1.90 bits per heavy atom. The smallest absolute Gasteiger partial charge is 0.264 e. The van der Waals surface area contributed by atoms with E-state index in [1.807, 2.05) is 12.3 Å². The van der Waals surface area contributed by atoms with Crippen LogP contribution in [0.1, 0.15) is 16.1 Å². The van der Waals surface area contributed by atoms with Gasteiger partial charge in [0.1, 0.15) is 11.6 Å². The Hall–Kier alpha value is -2.42. The highest BCUT2D eigenvalue weighted by Crippen LogP contribution is 2.30. The van der Waals surface area contributed by atoms with Crippen LogP contribution in [-0.4, -0.2) is 25.9 Å². The molecule has 0 aliphatic rings. The molecule has 0 radical (unpaired) electrons. The Morgan fingerprint density at radius 3 is 2.55 bits per heavy atom. The number of sulfonamides is 1. The van der Waals surface area contributed by atoms with Crippen LogP contribution < -0.4 is 9.62 Å². The molecular formula is C20H20ClN3O3S2. The van der Waals surface area contributed by atoms with Gasteiger partial charge in [0.2, 0.25) is 5.91 Å². The first-order valence-corrected chi connectivity index (χ1v) is 11.5.